The number of benzene rings is 1. The average molecular weight is 216 g/mol. The van der Waals surface area contributed by atoms with E-state index in [4.69, 9.17) is 5.73 Å². The van der Waals surface area contributed by atoms with Crippen LogP contribution < -0.4 is 5.73 Å². The van der Waals surface area contributed by atoms with Gasteiger partial charge in [-0.15, -0.1) is 10.2 Å². The highest BCUT2D eigenvalue weighted by Crippen LogP contribution is 2.20. The van der Waals surface area contributed by atoms with Crippen LogP contribution in [0.4, 0.5) is 0 Å². The zero-order valence-corrected chi connectivity index (χ0v) is 8.84. The molecule has 0 aliphatic heterocycles. The molecule has 0 radical (unpaired) electrons. The molecule has 1 amide bonds. The lowest BCUT2D eigenvalue weighted by molar-refractivity contribution is 0.0991. The van der Waals surface area contributed by atoms with Crippen molar-refractivity contribution in [3.63, 3.8) is 0 Å². The molecule has 0 fully saturated rings. The Hall–Kier alpha value is -2.17. The molecular weight excluding hydrogens is 204 g/mol. The second kappa shape index (κ2) is 4.14. The molecule has 3 N–H and O–H groups in total. The van der Waals surface area contributed by atoms with Crippen LogP contribution in [0.15, 0.2) is 30.3 Å². The fraction of sp³-hybridized carbons (Fsp3) is 0.182. The number of nitrogens with one attached hydrogen (secondary N) is 1. The van der Waals surface area contributed by atoms with E-state index in [1.54, 1.807) is 0 Å². The van der Waals surface area contributed by atoms with Crippen molar-refractivity contribution in [1.82, 2.24) is 15.2 Å². The quantitative estimate of drug-likeness (QED) is 0.804. The summed E-state index contributed by atoms with van der Waals surface area (Å²) in [4.78, 5) is 13.7. The molecule has 0 spiro atoms. The SMILES string of the molecule is CC(c1ccccc1)c1nnc(C(N)=O)[nH]1. The molecule has 1 atom stereocenters. The van der Waals surface area contributed by atoms with E-state index in [2.05, 4.69) is 15.2 Å². The molecule has 0 aliphatic carbocycles. The van der Waals surface area contributed by atoms with Crippen molar-refractivity contribution in [3.05, 3.63) is 47.5 Å². The molecule has 1 unspecified atom stereocenters. The summed E-state index contributed by atoms with van der Waals surface area (Å²) in [6, 6.07) is 9.86. The van der Waals surface area contributed by atoms with E-state index in [0.717, 1.165) is 5.56 Å². The lowest BCUT2D eigenvalue weighted by atomic mass is 10.0. The van der Waals surface area contributed by atoms with Crippen LogP contribution in [-0.2, 0) is 0 Å². The van der Waals surface area contributed by atoms with Crippen molar-refractivity contribution < 1.29 is 4.79 Å². The smallest absolute Gasteiger partial charge is 0.286 e. The molecule has 16 heavy (non-hydrogen) atoms. The van der Waals surface area contributed by atoms with Gasteiger partial charge in [-0.3, -0.25) is 4.79 Å². The third kappa shape index (κ3) is 1.93. The number of rotatable bonds is 3. The first-order valence-electron chi connectivity index (χ1n) is 4.96. The van der Waals surface area contributed by atoms with Gasteiger partial charge in [0.05, 0.1) is 0 Å². The molecule has 82 valence electrons. The zero-order valence-electron chi connectivity index (χ0n) is 8.84. The van der Waals surface area contributed by atoms with E-state index < -0.39 is 5.91 Å². The van der Waals surface area contributed by atoms with Gasteiger partial charge >= 0.3 is 0 Å². The van der Waals surface area contributed by atoms with Gasteiger partial charge in [0, 0.05) is 5.92 Å². The maximum Gasteiger partial charge on any atom is 0.286 e. The third-order valence-corrected chi connectivity index (χ3v) is 2.45. The number of carbonyl (C=O) groups is 1. The summed E-state index contributed by atoms with van der Waals surface area (Å²) >= 11 is 0. The van der Waals surface area contributed by atoms with Crippen LogP contribution >= 0.6 is 0 Å². The first-order chi connectivity index (χ1) is 7.68. The Bertz CT molecular complexity index is 492. The van der Waals surface area contributed by atoms with Gasteiger partial charge in [-0.1, -0.05) is 37.3 Å². The minimum atomic E-state index is -0.598. The summed E-state index contributed by atoms with van der Waals surface area (Å²) in [6.45, 7) is 1.99. The molecule has 2 aromatic rings. The van der Waals surface area contributed by atoms with E-state index in [-0.39, 0.29) is 11.7 Å². The van der Waals surface area contributed by atoms with Crippen LogP contribution in [0.2, 0.25) is 0 Å². The van der Waals surface area contributed by atoms with Crippen molar-refractivity contribution in [2.24, 2.45) is 5.73 Å². The van der Waals surface area contributed by atoms with Gasteiger partial charge in [-0.2, -0.15) is 0 Å². The van der Waals surface area contributed by atoms with Crippen LogP contribution in [-0.4, -0.2) is 21.1 Å². The Kier molecular flexibility index (Phi) is 2.68. The minimum Gasteiger partial charge on any atom is -0.363 e. The summed E-state index contributed by atoms with van der Waals surface area (Å²) in [5.41, 5.74) is 6.20. The fourth-order valence-corrected chi connectivity index (χ4v) is 1.48. The number of aromatic amines is 1. The highest BCUT2D eigenvalue weighted by Gasteiger charge is 2.14. The van der Waals surface area contributed by atoms with Gasteiger partial charge in [-0.25, -0.2) is 0 Å². The second-order valence-electron chi connectivity index (χ2n) is 3.56. The monoisotopic (exact) mass is 216 g/mol. The Balaban J connectivity index is 2.27. The first-order valence-corrected chi connectivity index (χ1v) is 4.96. The molecule has 1 aromatic carbocycles. The predicted octanol–water partition coefficient (Wildman–Crippen LogP) is 1.06. The number of H-pyrrole nitrogens is 1. The fourth-order valence-electron chi connectivity index (χ4n) is 1.48. The molecule has 5 heteroatoms. The van der Waals surface area contributed by atoms with E-state index >= 15 is 0 Å². The highest BCUT2D eigenvalue weighted by atomic mass is 16.1. The van der Waals surface area contributed by atoms with Crippen molar-refractivity contribution in [3.8, 4) is 0 Å². The predicted molar refractivity (Wildman–Crippen MR) is 58.9 cm³/mol. The van der Waals surface area contributed by atoms with Crippen LogP contribution in [0.5, 0.6) is 0 Å². The van der Waals surface area contributed by atoms with Crippen LogP contribution in [0, 0.1) is 0 Å². The molecular formula is C11H12N4O. The number of nitrogens with zero attached hydrogens (tertiary/aromatic N) is 2. The van der Waals surface area contributed by atoms with E-state index in [1.807, 2.05) is 37.3 Å². The highest BCUT2D eigenvalue weighted by molar-refractivity contribution is 5.88. The molecule has 2 rings (SSSR count). The van der Waals surface area contributed by atoms with E-state index in [1.165, 1.54) is 0 Å². The van der Waals surface area contributed by atoms with Gasteiger partial charge in [-0.05, 0) is 5.56 Å². The summed E-state index contributed by atoms with van der Waals surface area (Å²) in [5, 5.41) is 7.59. The second-order valence-corrected chi connectivity index (χ2v) is 3.56. The number of nitrogens with two attached hydrogens (primary N) is 1. The number of hydrogen-bond donors (Lipinski definition) is 2. The van der Waals surface area contributed by atoms with Crippen LogP contribution in [0.25, 0.3) is 0 Å². The first kappa shape index (κ1) is 10.4. The average Bonchev–Trinajstić information content (AvgIpc) is 2.78. The Morgan fingerprint density at radius 2 is 2.00 bits per heavy atom. The molecule has 0 saturated carbocycles. The molecule has 0 aliphatic rings. The maximum atomic E-state index is 10.9. The summed E-state index contributed by atoms with van der Waals surface area (Å²) in [5.74, 6) is 0.193. The third-order valence-electron chi connectivity index (χ3n) is 2.45. The van der Waals surface area contributed by atoms with Gasteiger partial charge in [0.1, 0.15) is 5.82 Å². The number of hydrogen-bond acceptors (Lipinski definition) is 3. The summed E-state index contributed by atoms with van der Waals surface area (Å²) in [7, 11) is 0. The number of aromatic nitrogens is 3. The van der Waals surface area contributed by atoms with Crippen molar-refractivity contribution >= 4 is 5.91 Å². The zero-order chi connectivity index (χ0) is 11.5. The molecule has 0 saturated heterocycles. The Labute approximate surface area is 92.7 Å². The molecule has 0 bridgehead atoms. The molecule has 1 aromatic heterocycles. The van der Waals surface area contributed by atoms with Gasteiger partial charge < -0.3 is 10.7 Å². The van der Waals surface area contributed by atoms with Crippen molar-refractivity contribution in [2.45, 2.75) is 12.8 Å². The van der Waals surface area contributed by atoms with E-state index in [0.29, 0.717) is 5.82 Å². The maximum absolute atomic E-state index is 10.9. The van der Waals surface area contributed by atoms with Gasteiger partial charge in [0.15, 0.2) is 0 Å². The normalized spacial score (nSPS) is 12.3. The lowest BCUT2D eigenvalue weighted by Gasteiger charge is -2.07. The number of carbonyl (C=O) groups excluding carboxylic acids is 1. The van der Waals surface area contributed by atoms with Crippen LogP contribution in [0.3, 0.4) is 0 Å². The molecule has 1 heterocycles. The largest absolute Gasteiger partial charge is 0.363 e. The Morgan fingerprint density at radius 1 is 1.31 bits per heavy atom. The van der Waals surface area contributed by atoms with Crippen LogP contribution in [0.1, 0.15) is 34.8 Å². The number of primary amides is 1. The summed E-state index contributed by atoms with van der Waals surface area (Å²) in [6.07, 6.45) is 0. The van der Waals surface area contributed by atoms with E-state index in [9.17, 15) is 4.79 Å². The van der Waals surface area contributed by atoms with Gasteiger partial charge in [0.2, 0.25) is 5.82 Å². The summed E-state index contributed by atoms with van der Waals surface area (Å²) < 4.78 is 0. The number of amides is 1. The molecule has 5 nitrogen and oxygen atoms in total. The Morgan fingerprint density at radius 3 is 2.56 bits per heavy atom. The standard InChI is InChI=1S/C11H12N4O/c1-7(8-5-3-2-4-6-8)10-13-11(9(12)16)15-14-10/h2-7H,1H3,(H2,12,16)(H,13,14,15). The van der Waals surface area contributed by atoms with Crippen molar-refractivity contribution in [2.75, 3.05) is 0 Å². The van der Waals surface area contributed by atoms with Crippen molar-refractivity contribution in [1.29, 1.82) is 0 Å². The minimum absolute atomic E-state index is 0.0572. The lowest BCUT2D eigenvalue weighted by Crippen LogP contribution is -2.13. The van der Waals surface area contributed by atoms with Gasteiger partial charge in [0.25, 0.3) is 5.91 Å². The topological polar surface area (TPSA) is 84.7 Å².